The number of nitrogens with two attached hydrogens (primary N) is 1. The topological polar surface area (TPSA) is 59.6 Å². The summed E-state index contributed by atoms with van der Waals surface area (Å²) in [5.74, 6) is 0.559. The molecule has 2 rings (SSSR count). The Morgan fingerprint density at radius 3 is 2.47 bits per heavy atom. The van der Waals surface area contributed by atoms with Gasteiger partial charge in [0.2, 0.25) is 0 Å². The molecule has 2 aliphatic rings. The first-order chi connectivity index (χ1) is 7.85. The highest BCUT2D eigenvalue weighted by molar-refractivity contribution is 5.79. The average molecular weight is 239 g/mol. The number of rotatable bonds is 3. The number of hydrogen-bond donors (Lipinski definition) is 2. The van der Waals surface area contributed by atoms with Crippen LogP contribution in [0.15, 0.2) is 4.99 Å². The van der Waals surface area contributed by atoms with Crippen molar-refractivity contribution in [2.45, 2.75) is 52.7 Å². The molecule has 1 saturated carbocycles. The fourth-order valence-electron chi connectivity index (χ4n) is 2.74. The summed E-state index contributed by atoms with van der Waals surface area (Å²) in [5, 5.41) is 3.33. The van der Waals surface area contributed by atoms with Gasteiger partial charge in [0.05, 0.1) is 12.6 Å². The highest BCUT2D eigenvalue weighted by atomic mass is 16.5. The average Bonchev–Trinajstić information content (AvgIpc) is 2.68. The van der Waals surface area contributed by atoms with Gasteiger partial charge in [-0.15, -0.1) is 0 Å². The summed E-state index contributed by atoms with van der Waals surface area (Å²) in [4.78, 5) is 4.38. The first-order valence-electron chi connectivity index (χ1n) is 6.54. The second-order valence-corrected chi connectivity index (χ2v) is 6.38. The Morgan fingerprint density at radius 1 is 1.35 bits per heavy atom. The fraction of sp³-hybridized carbons (Fsp3) is 0.923. The molecule has 0 radical (unpaired) electrons. The Bertz CT molecular complexity index is 303. The maximum absolute atomic E-state index is 5.92. The zero-order valence-corrected chi connectivity index (χ0v) is 11.4. The standard InChI is InChI=1S/C13H25N3O/c1-12(2)10(13(12,3)4)16-11(14)15-8-9-6-5-7-17-9/h9-10H,5-8H2,1-4H3,(H3,14,15,16). The second kappa shape index (κ2) is 4.16. The SMILES string of the molecule is CC1(C)C(NC(N)=NCC2CCCO2)C1(C)C. The molecule has 4 nitrogen and oxygen atoms in total. The number of guanidine groups is 1. The Balaban J connectivity index is 1.81. The predicted octanol–water partition coefficient (Wildman–Crippen LogP) is 1.50. The minimum Gasteiger partial charge on any atom is -0.376 e. The molecule has 1 heterocycles. The predicted molar refractivity (Wildman–Crippen MR) is 69.9 cm³/mol. The molecule has 2 fully saturated rings. The van der Waals surface area contributed by atoms with E-state index in [1.807, 2.05) is 0 Å². The van der Waals surface area contributed by atoms with Gasteiger partial charge in [0.15, 0.2) is 5.96 Å². The van der Waals surface area contributed by atoms with Crippen LogP contribution in [-0.2, 0) is 4.74 Å². The van der Waals surface area contributed by atoms with Crippen molar-refractivity contribution < 1.29 is 4.74 Å². The van der Waals surface area contributed by atoms with Crippen molar-refractivity contribution in [1.29, 1.82) is 0 Å². The molecule has 0 aromatic heterocycles. The summed E-state index contributed by atoms with van der Waals surface area (Å²) in [7, 11) is 0. The number of nitrogens with one attached hydrogen (secondary N) is 1. The van der Waals surface area contributed by atoms with Crippen molar-refractivity contribution in [3.63, 3.8) is 0 Å². The van der Waals surface area contributed by atoms with Crippen LogP contribution in [0.2, 0.25) is 0 Å². The molecule has 1 aliphatic heterocycles. The van der Waals surface area contributed by atoms with Gasteiger partial charge in [0, 0.05) is 12.6 Å². The maximum atomic E-state index is 5.92. The van der Waals surface area contributed by atoms with Crippen LogP contribution in [0.4, 0.5) is 0 Å². The second-order valence-electron chi connectivity index (χ2n) is 6.38. The molecular weight excluding hydrogens is 214 g/mol. The molecule has 1 unspecified atom stereocenters. The van der Waals surface area contributed by atoms with Crippen molar-refractivity contribution in [3.8, 4) is 0 Å². The van der Waals surface area contributed by atoms with Gasteiger partial charge < -0.3 is 15.8 Å². The normalized spacial score (nSPS) is 31.5. The van der Waals surface area contributed by atoms with Gasteiger partial charge >= 0.3 is 0 Å². The third-order valence-electron chi connectivity index (χ3n) is 4.80. The first kappa shape index (κ1) is 12.7. The Hall–Kier alpha value is -0.770. The molecule has 0 spiro atoms. The van der Waals surface area contributed by atoms with Crippen LogP contribution in [0.5, 0.6) is 0 Å². The lowest BCUT2D eigenvalue weighted by molar-refractivity contribution is 0.117. The molecule has 0 bridgehead atoms. The molecule has 0 amide bonds. The zero-order valence-electron chi connectivity index (χ0n) is 11.4. The molecule has 0 aromatic rings. The number of nitrogens with zero attached hydrogens (tertiary/aromatic N) is 1. The van der Waals surface area contributed by atoms with Crippen LogP contribution in [0.1, 0.15) is 40.5 Å². The molecule has 1 saturated heterocycles. The van der Waals surface area contributed by atoms with Crippen molar-refractivity contribution in [2.75, 3.05) is 13.2 Å². The van der Waals surface area contributed by atoms with E-state index in [0.29, 0.717) is 18.5 Å². The van der Waals surface area contributed by atoms with E-state index < -0.39 is 0 Å². The summed E-state index contributed by atoms with van der Waals surface area (Å²) >= 11 is 0. The van der Waals surface area contributed by atoms with E-state index >= 15 is 0 Å². The van der Waals surface area contributed by atoms with E-state index in [1.165, 1.54) is 0 Å². The van der Waals surface area contributed by atoms with E-state index in [-0.39, 0.29) is 16.9 Å². The van der Waals surface area contributed by atoms with Gasteiger partial charge in [-0.25, -0.2) is 0 Å². The first-order valence-corrected chi connectivity index (χ1v) is 6.54. The number of ether oxygens (including phenoxy) is 1. The molecular formula is C13H25N3O. The lowest BCUT2D eigenvalue weighted by Gasteiger charge is -2.09. The monoisotopic (exact) mass is 239 g/mol. The summed E-state index contributed by atoms with van der Waals surface area (Å²) < 4.78 is 5.52. The molecule has 0 aromatic carbocycles. The Kier molecular flexibility index (Phi) is 3.10. The third kappa shape index (κ3) is 2.28. The molecule has 98 valence electrons. The third-order valence-corrected chi connectivity index (χ3v) is 4.80. The minimum absolute atomic E-state index is 0.274. The van der Waals surface area contributed by atoms with E-state index in [2.05, 4.69) is 38.0 Å². The van der Waals surface area contributed by atoms with Crippen LogP contribution in [0, 0.1) is 10.8 Å². The van der Waals surface area contributed by atoms with Gasteiger partial charge in [0.1, 0.15) is 0 Å². The molecule has 1 atom stereocenters. The molecule has 3 N–H and O–H groups in total. The zero-order chi connectivity index (χ0) is 12.7. The van der Waals surface area contributed by atoms with E-state index in [4.69, 9.17) is 10.5 Å². The number of aliphatic imine (C=N–C) groups is 1. The van der Waals surface area contributed by atoms with Crippen molar-refractivity contribution in [2.24, 2.45) is 21.6 Å². The summed E-state index contributed by atoms with van der Waals surface area (Å²) in [6.07, 6.45) is 2.53. The summed E-state index contributed by atoms with van der Waals surface area (Å²) in [6.45, 7) is 10.6. The van der Waals surface area contributed by atoms with Crippen molar-refractivity contribution in [3.05, 3.63) is 0 Å². The van der Waals surface area contributed by atoms with Crippen molar-refractivity contribution in [1.82, 2.24) is 5.32 Å². The molecule has 4 heteroatoms. The van der Waals surface area contributed by atoms with Crippen LogP contribution >= 0.6 is 0 Å². The van der Waals surface area contributed by atoms with Crippen molar-refractivity contribution >= 4 is 5.96 Å². The Morgan fingerprint density at radius 2 is 2.00 bits per heavy atom. The van der Waals surface area contributed by atoms with E-state index in [1.54, 1.807) is 0 Å². The maximum Gasteiger partial charge on any atom is 0.188 e. The van der Waals surface area contributed by atoms with E-state index in [0.717, 1.165) is 19.4 Å². The lowest BCUT2D eigenvalue weighted by atomic mass is 10.0. The van der Waals surface area contributed by atoms with Gasteiger partial charge in [-0.2, -0.15) is 0 Å². The van der Waals surface area contributed by atoms with E-state index in [9.17, 15) is 0 Å². The van der Waals surface area contributed by atoms with Crippen LogP contribution in [0.25, 0.3) is 0 Å². The summed E-state index contributed by atoms with van der Waals surface area (Å²) in [5.41, 5.74) is 6.50. The number of hydrogen-bond acceptors (Lipinski definition) is 2. The highest BCUT2D eigenvalue weighted by Gasteiger charge is 2.65. The fourth-order valence-corrected chi connectivity index (χ4v) is 2.74. The Labute approximate surface area is 104 Å². The van der Waals surface area contributed by atoms with Gasteiger partial charge in [-0.3, -0.25) is 4.99 Å². The quantitative estimate of drug-likeness (QED) is 0.579. The largest absolute Gasteiger partial charge is 0.376 e. The van der Waals surface area contributed by atoms with Gasteiger partial charge in [-0.05, 0) is 23.7 Å². The van der Waals surface area contributed by atoms with Crippen LogP contribution in [0.3, 0.4) is 0 Å². The lowest BCUT2D eigenvalue weighted by Crippen LogP contribution is -2.37. The van der Waals surface area contributed by atoms with Gasteiger partial charge in [-0.1, -0.05) is 27.7 Å². The minimum atomic E-state index is 0.274. The summed E-state index contributed by atoms with van der Waals surface area (Å²) in [6, 6.07) is 0.420. The smallest absolute Gasteiger partial charge is 0.188 e. The van der Waals surface area contributed by atoms with Gasteiger partial charge in [0.25, 0.3) is 0 Å². The highest BCUT2D eigenvalue weighted by Crippen LogP contribution is 2.62. The van der Waals surface area contributed by atoms with Crippen LogP contribution in [-0.4, -0.2) is 31.3 Å². The molecule has 17 heavy (non-hydrogen) atoms. The molecule has 1 aliphatic carbocycles. The van der Waals surface area contributed by atoms with Crippen LogP contribution < -0.4 is 11.1 Å².